The number of ether oxygens (including phenoxy) is 1. The highest BCUT2D eigenvalue weighted by Crippen LogP contribution is 2.27. The lowest BCUT2D eigenvalue weighted by molar-refractivity contribution is 0.0658. The first kappa shape index (κ1) is 20.0. The molecule has 0 radical (unpaired) electrons. The Morgan fingerprint density at radius 3 is 2.10 bits per heavy atom. The Labute approximate surface area is 172 Å². The molecule has 0 N–H and O–H groups in total. The van der Waals surface area contributed by atoms with Crippen molar-refractivity contribution in [2.45, 2.75) is 10.1 Å². The van der Waals surface area contributed by atoms with Gasteiger partial charge in [0.05, 0.1) is 4.90 Å². The van der Waals surface area contributed by atoms with Crippen LogP contribution in [0.25, 0.3) is 0 Å². The number of rotatable bonds is 5. The molecule has 3 aromatic rings. The standard InChI is InChI=1S/C22H17F2NO4S/c23-16-4-8-18(9-5-16)29-19-3-1-2-15(12-19)22(26)25-13-21(14-25)30(27,28)20-10-6-17(24)7-11-20/h1-12,21H,13-14H2. The van der Waals surface area contributed by atoms with E-state index in [9.17, 15) is 22.0 Å². The van der Waals surface area contributed by atoms with E-state index >= 15 is 0 Å². The van der Waals surface area contributed by atoms with Crippen LogP contribution in [0.3, 0.4) is 0 Å². The zero-order valence-electron chi connectivity index (χ0n) is 15.7. The average molecular weight is 429 g/mol. The SMILES string of the molecule is O=C(c1cccc(Oc2ccc(F)cc2)c1)N1CC(S(=O)(=O)c2ccc(F)cc2)C1. The van der Waals surface area contributed by atoms with Crippen molar-refractivity contribution in [3.63, 3.8) is 0 Å². The van der Waals surface area contributed by atoms with Crippen molar-refractivity contribution in [1.29, 1.82) is 0 Å². The maximum absolute atomic E-state index is 13.0. The fourth-order valence-electron chi connectivity index (χ4n) is 3.13. The highest BCUT2D eigenvalue weighted by atomic mass is 32.2. The predicted octanol–water partition coefficient (Wildman–Crippen LogP) is 4.06. The van der Waals surface area contributed by atoms with Crippen LogP contribution in [-0.2, 0) is 9.84 Å². The molecule has 1 saturated heterocycles. The minimum atomic E-state index is -3.64. The summed E-state index contributed by atoms with van der Waals surface area (Å²) in [5.74, 6) is -0.375. The predicted molar refractivity (Wildman–Crippen MR) is 106 cm³/mol. The Morgan fingerprint density at radius 1 is 0.867 bits per heavy atom. The lowest BCUT2D eigenvalue weighted by atomic mass is 10.1. The molecular formula is C22H17F2NO4S. The van der Waals surface area contributed by atoms with Gasteiger partial charge in [0.25, 0.3) is 5.91 Å². The summed E-state index contributed by atoms with van der Waals surface area (Å²) in [4.78, 5) is 14.2. The summed E-state index contributed by atoms with van der Waals surface area (Å²) in [5.41, 5.74) is 0.354. The summed E-state index contributed by atoms with van der Waals surface area (Å²) in [6, 6.07) is 16.6. The molecule has 0 aromatic heterocycles. The topological polar surface area (TPSA) is 63.7 Å². The number of benzene rings is 3. The van der Waals surface area contributed by atoms with Crippen LogP contribution < -0.4 is 4.74 Å². The number of carbonyl (C=O) groups is 1. The highest BCUT2D eigenvalue weighted by molar-refractivity contribution is 7.92. The first-order valence-corrected chi connectivity index (χ1v) is 10.7. The van der Waals surface area contributed by atoms with Crippen LogP contribution in [0, 0.1) is 11.6 Å². The molecule has 0 saturated carbocycles. The van der Waals surface area contributed by atoms with E-state index in [0.717, 1.165) is 12.1 Å². The Bertz CT molecular complexity index is 1170. The molecule has 1 heterocycles. The number of hydrogen-bond acceptors (Lipinski definition) is 4. The van der Waals surface area contributed by atoms with Crippen LogP contribution in [0.15, 0.2) is 77.7 Å². The molecule has 1 aliphatic heterocycles. The largest absolute Gasteiger partial charge is 0.457 e. The molecule has 1 amide bonds. The van der Waals surface area contributed by atoms with Crippen LogP contribution >= 0.6 is 0 Å². The lowest BCUT2D eigenvalue weighted by Gasteiger charge is -2.38. The normalized spacial score (nSPS) is 14.3. The quantitative estimate of drug-likeness (QED) is 0.574. The molecule has 0 bridgehead atoms. The van der Waals surface area contributed by atoms with Crippen molar-refractivity contribution in [2.75, 3.05) is 13.1 Å². The van der Waals surface area contributed by atoms with E-state index in [1.165, 1.54) is 41.3 Å². The molecule has 0 aliphatic carbocycles. The van der Waals surface area contributed by atoms with Gasteiger partial charge in [-0.1, -0.05) is 6.07 Å². The number of likely N-dealkylation sites (tertiary alicyclic amines) is 1. The molecule has 0 spiro atoms. The van der Waals surface area contributed by atoms with Crippen molar-refractivity contribution in [3.05, 3.63) is 90.0 Å². The van der Waals surface area contributed by atoms with E-state index in [1.54, 1.807) is 24.3 Å². The second-order valence-corrected chi connectivity index (χ2v) is 9.14. The van der Waals surface area contributed by atoms with Crippen LogP contribution in [0.1, 0.15) is 10.4 Å². The maximum Gasteiger partial charge on any atom is 0.254 e. The minimum Gasteiger partial charge on any atom is -0.457 e. The zero-order chi connectivity index (χ0) is 21.3. The third-order valence-corrected chi connectivity index (χ3v) is 6.95. The summed E-state index contributed by atoms with van der Waals surface area (Å²) >= 11 is 0. The monoisotopic (exact) mass is 429 g/mol. The van der Waals surface area contributed by atoms with E-state index < -0.39 is 20.9 Å². The lowest BCUT2D eigenvalue weighted by Crippen LogP contribution is -2.56. The van der Waals surface area contributed by atoms with E-state index in [-0.39, 0.29) is 29.7 Å². The van der Waals surface area contributed by atoms with Gasteiger partial charge in [-0.05, 0) is 66.7 Å². The fraction of sp³-hybridized carbons (Fsp3) is 0.136. The number of halogens is 2. The molecule has 1 fully saturated rings. The van der Waals surface area contributed by atoms with E-state index in [2.05, 4.69) is 0 Å². The Balaban J connectivity index is 1.42. The minimum absolute atomic E-state index is 0.0377. The second kappa shape index (κ2) is 7.87. The van der Waals surface area contributed by atoms with Gasteiger partial charge < -0.3 is 9.64 Å². The van der Waals surface area contributed by atoms with Gasteiger partial charge in [-0.2, -0.15) is 0 Å². The summed E-state index contributed by atoms with van der Waals surface area (Å²) < 4.78 is 56.9. The van der Waals surface area contributed by atoms with Crippen molar-refractivity contribution < 1.29 is 26.7 Å². The van der Waals surface area contributed by atoms with Crippen LogP contribution in [-0.4, -0.2) is 37.6 Å². The average Bonchev–Trinajstić information content (AvgIpc) is 2.69. The number of nitrogens with zero attached hydrogens (tertiary/aromatic N) is 1. The van der Waals surface area contributed by atoms with Gasteiger partial charge in [0, 0.05) is 18.7 Å². The van der Waals surface area contributed by atoms with Crippen molar-refractivity contribution in [3.8, 4) is 11.5 Å². The Morgan fingerprint density at radius 2 is 1.47 bits per heavy atom. The molecule has 30 heavy (non-hydrogen) atoms. The van der Waals surface area contributed by atoms with Gasteiger partial charge in [-0.25, -0.2) is 17.2 Å². The van der Waals surface area contributed by atoms with Gasteiger partial charge in [-0.15, -0.1) is 0 Å². The third kappa shape index (κ3) is 4.04. The molecule has 1 aliphatic rings. The van der Waals surface area contributed by atoms with Gasteiger partial charge in [-0.3, -0.25) is 4.79 Å². The number of sulfone groups is 1. The smallest absolute Gasteiger partial charge is 0.254 e. The van der Waals surface area contributed by atoms with E-state index in [0.29, 0.717) is 17.1 Å². The van der Waals surface area contributed by atoms with Crippen LogP contribution in [0.4, 0.5) is 8.78 Å². The van der Waals surface area contributed by atoms with Crippen molar-refractivity contribution >= 4 is 15.7 Å². The highest BCUT2D eigenvalue weighted by Gasteiger charge is 2.40. The van der Waals surface area contributed by atoms with Gasteiger partial charge in [0.2, 0.25) is 0 Å². The molecule has 154 valence electrons. The van der Waals surface area contributed by atoms with Gasteiger partial charge in [0.15, 0.2) is 9.84 Å². The molecule has 3 aromatic carbocycles. The van der Waals surface area contributed by atoms with Crippen LogP contribution in [0.5, 0.6) is 11.5 Å². The Kier molecular flexibility index (Phi) is 5.26. The van der Waals surface area contributed by atoms with Crippen molar-refractivity contribution in [2.24, 2.45) is 0 Å². The fourth-order valence-corrected chi connectivity index (χ4v) is 4.78. The summed E-state index contributed by atoms with van der Waals surface area (Å²) in [5, 5.41) is -0.731. The first-order valence-electron chi connectivity index (χ1n) is 9.15. The molecular weight excluding hydrogens is 412 g/mol. The molecule has 8 heteroatoms. The van der Waals surface area contributed by atoms with Crippen LogP contribution in [0.2, 0.25) is 0 Å². The summed E-state index contributed by atoms with van der Waals surface area (Å²) in [6.45, 7) is 0.114. The number of amides is 1. The number of hydrogen-bond donors (Lipinski definition) is 0. The zero-order valence-corrected chi connectivity index (χ0v) is 16.5. The second-order valence-electron chi connectivity index (χ2n) is 6.91. The molecule has 0 atom stereocenters. The first-order chi connectivity index (χ1) is 14.3. The molecule has 4 rings (SSSR count). The summed E-state index contributed by atoms with van der Waals surface area (Å²) in [6.07, 6.45) is 0. The van der Waals surface area contributed by atoms with Gasteiger partial charge in [0.1, 0.15) is 28.4 Å². The van der Waals surface area contributed by atoms with Crippen molar-refractivity contribution in [1.82, 2.24) is 4.90 Å². The van der Waals surface area contributed by atoms with E-state index in [4.69, 9.17) is 4.74 Å². The third-order valence-electron chi connectivity index (χ3n) is 4.85. The molecule has 0 unspecified atom stereocenters. The molecule has 5 nitrogen and oxygen atoms in total. The number of carbonyl (C=O) groups excluding carboxylic acids is 1. The maximum atomic E-state index is 13.0. The van der Waals surface area contributed by atoms with E-state index in [1.807, 2.05) is 0 Å². The van der Waals surface area contributed by atoms with Gasteiger partial charge >= 0.3 is 0 Å². The Hall–Kier alpha value is -3.26. The summed E-state index contributed by atoms with van der Waals surface area (Å²) in [7, 11) is -3.64.